The van der Waals surface area contributed by atoms with Gasteiger partial charge in [0.15, 0.2) is 0 Å². The van der Waals surface area contributed by atoms with E-state index in [1.165, 1.54) is 0 Å². The molecule has 5 heteroatoms. The summed E-state index contributed by atoms with van der Waals surface area (Å²) in [7, 11) is 0. The van der Waals surface area contributed by atoms with E-state index >= 15 is 0 Å². The number of halogens is 1. The van der Waals surface area contributed by atoms with Gasteiger partial charge in [-0.05, 0) is 47.5 Å². The molecule has 2 aromatic rings. The van der Waals surface area contributed by atoms with Crippen LogP contribution in [0.1, 0.15) is 16.8 Å². The van der Waals surface area contributed by atoms with E-state index < -0.39 is 0 Å². The summed E-state index contributed by atoms with van der Waals surface area (Å²) in [5, 5.41) is 9.05. The van der Waals surface area contributed by atoms with Crippen LogP contribution >= 0.6 is 15.9 Å². The first-order valence-corrected chi connectivity index (χ1v) is 6.27. The Balaban J connectivity index is 2.26. The Morgan fingerprint density at radius 2 is 2.11 bits per heavy atom. The molecule has 0 saturated heterocycles. The maximum atomic E-state index is 9.05. The van der Waals surface area contributed by atoms with Gasteiger partial charge >= 0.3 is 6.01 Å². The Hall–Kier alpha value is -1.46. The fourth-order valence-corrected chi connectivity index (χ4v) is 2.04. The van der Waals surface area contributed by atoms with Crippen molar-refractivity contribution in [1.29, 1.82) is 0 Å². The number of hydrogen-bond donors (Lipinski definition) is 1. The van der Waals surface area contributed by atoms with E-state index in [1.807, 2.05) is 32.0 Å². The number of aliphatic hydroxyl groups is 1. The molecule has 0 aliphatic carbocycles. The lowest BCUT2D eigenvalue weighted by atomic mass is 10.2. The molecule has 1 aromatic carbocycles. The van der Waals surface area contributed by atoms with E-state index in [4.69, 9.17) is 9.84 Å². The summed E-state index contributed by atoms with van der Waals surface area (Å²) >= 11 is 3.43. The highest BCUT2D eigenvalue weighted by Gasteiger charge is 2.07. The van der Waals surface area contributed by atoms with E-state index in [0.29, 0.717) is 17.0 Å². The first-order valence-electron chi connectivity index (χ1n) is 5.47. The van der Waals surface area contributed by atoms with Gasteiger partial charge in [-0.2, -0.15) is 4.98 Å². The summed E-state index contributed by atoms with van der Waals surface area (Å²) in [4.78, 5) is 8.24. The van der Waals surface area contributed by atoms with Crippen LogP contribution < -0.4 is 4.74 Å². The highest BCUT2D eigenvalue weighted by Crippen LogP contribution is 2.28. The summed E-state index contributed by atoms with van der Waals surface area (Å²) in [5.41, 5.74) is 2.55. The second kappa shape index (κ2) is 5.46. The summed E-state index contributed by atoms with van der Waals surface area (Å²) < 4.78 is 6.45. The molecule has 0 fully saturated rings. The number of rotatable bonds is 3. The van der Waals surface area contributed by atoms with E-state index in [2.05, 4.69) is 25.9 Å². The van der Waals surface area contributed by atoms with Gasteiger partial charge in [0.05, 0.1) is 16.8 Å². The molecule has 4 nitrogen and oxygen atoms in total. The molecule has 0 aliphatic rings. The average Bonchev–Trinajstić information content (AvgIpc) is 2.33. The van der Waals surface area contributed by atoms with Crippen molar-refractivity contribution in [3.05, 3.63) is 45.7 Å². The molecule has 18 heavy (non-hydrogen) atoms. The highest BCUT2D eigenvalue weighted by molar-refractivity contribution is 9.10. The largest absolute Gasteiger partial charge is 0.423 e. The van der Waals surface area contributed by atoms with Gasteiger partial charge in [0.25, 0.3) is 0 Å². The minimum atomic E-state index is -0.0691. The van der Waals surface area contributed by atoms with Gasteiger partial charge in [-0.25, -0.2) is 4.98 Å². The van der Waals surface area contributed by atoms with Crippen LogP contribution in [-0.2, 0) is 6.61 Å². The van der Waals surface area contributed by atoms with Crippen molar-refractivity contribution in [2.45, 2.75) is 20.5 Å². The van der Waals surface area contributed by atoms with E-state index in [-0.39, 0.29) is 12.6 Å². The quantitative estimate of drug-likeness (QED) is 0.946. The molecule has 94 valence electrons. The molecule has 0 spiro atoms. The zero-order valence-electron chi connectivity index (χ0n) is 10.1. The van der Waals surface area contributed by atoms with E-state index in [1.54, 1.807) is 6.20 Å². The lowest BCUT2D eigenvalue weighted by molar-refractivity contribution is 0.279. The molecule has 0 atom stereocenters. The molecule has 0 saturated carbocycles. The molecule has 1 heterocycles. The van der Waals surface area contributed by atoms with Gasteiger partial charge in [0.1, 0.15) is 5.75 Å². The molecule has 1 N–H and O–H groups in total. The molecule has 1 aromatic heterocycles. The molecule has 0 radical (unpaired) electrons. The third kappa shape index (κ3) is 2.86. The Kier molecular flexibility index (Phi) is 3.93. The molecular formula is C13H13BrN2O2. The maximum absolute atomic E-state index is 9.05. The van der Waals surface area contributed by atoms with Gasteiger partial charge in [0, 0.05) is 11.8 Å². The number of aryl methyl sites for hydroxylation is 2. The first kappa shape index (κ1) is 13.0. The normalized spacial score (nSPS) is 10.4. The molecule has 0 bridgehead atoms. The van der Waals surface area contributed by atoms with Crippen LogP contribution in [0, 0.1) is 13.8 Å². The third-order valence-corrected chi connectivity index (χ3v) is 3.14. The Morgan fingerprint density at radius 1 is 1.33 bits per heavy atom. The van der Waals surface area contributed by atoms with Gasteiger partial charge in [-0.15, -0.1) is 0 Å². The van der Waals surface area contributed by atoms with Crippen LogP contribution in [0.5, 0.6) is 11.8 Å². The van der Waals surface area contributed by atoms with Crippen molar-refractivity contribution in [2.24, 2.45) is 0 Å². The van der Waals surface area contributed by atoms with Gasteiger partial charge in [-0.3, -0.25) is 0 Å². The molecular weight excluding hydrogens is 296 g/mol. The molecule has 2 rings (SSSR count). The second-order valence-electron chi connectivity index (χ2n) is 3.96. The lowest BCUT2D eigenvalue weighted by Crippen LogP contribution is -1.98. The van der Waals surface area contributed by atoms with Crippen molar-refractivity contribution in [3.63, 3.8) is 0 Å². The van der Waals surface area contributed by atoms with Gasteiger partial charge < -0.3 is 9.84 Å². The van der Waals surface area contributed by atoms with E-state index in [9.17, 15) is 0 Å². The minimum Gasteiger partial charge on any atom is -0.423 e. The van der Waals surface area contributed by atoms with Crippen LogP contribution in [0.25, 0.3) is 0 Å². The topological polar surface area (TPSA) is 55.2 Å². The van der Waals surface area contributed by atoms with Crippen LogP contribution in [0.3, 0.4) is 0 Å². The van der Waals surface area contributed by atoms with E-state index in [0.717, 1.165) is 10.0 Å². The third-order valence-electron chi connectivity index (χ3n) is 2.52. The number of aliphatic hydroxyl groups excluding tert-OH is 1. The zero-order valence-corrected chi connectivity index (χ0v) is 11.7. The molecule has 0 aliphatic heterocycles. The summed E-state index contributed by atoms with van der Waals surface area (Å²) in [6, 6.07) is 6.05. The van der Waals surface area contributed by atoms with Gasteiger partial charge in [0.2, 0.25) is 0 Å². The van der Waals surface area contributed by atoms with Crippen LogP contribution in [0.4, 0.5) is 0 Å². The zero-order chi connectivity index (χ0) is 13.1. The Morgan fingerprint density at radius 3 is 2.72 bits per heavy atom. The van der Waals surface area contributed by atoms with Crippen molar-refractivity contribution in [2.75, 3.05) is 0 Å². The number of benzene rings is 1. The van der Waals surface area contributed by atoms with Crippen LogP contribution in [-0.4, -0.2) is 15.1 Å². The molecule has 0 unspecified atom stereocenters. The van der Waals surface area contributed by atoms with Crippen molar-refractivity contribution in [1.82, 2.24) is 9.97 Å². The number of ether oxygens (including phenoxy) is 1. The fraction of sp³-hybridized carbons (Fsp3) is 0.231. The van der Waals surface area contributed by atoms with Crippen molar-refractivity contribution >= 4 is 15.9 Å². The fourth-order valence-electron chi connectivity index (χ4n) is 1.46. The smallest absolute Gasteiger partial charge is 0.322 e. The maximum Gasteiger partial charge on any atom is 0.322 e. The monoisotopic (exact) mass is 308 g/mol. The molecule has 0 amide bonds. The standard InChI is InChI=1S/C13H13BrN2O2/c1-8-3-4-12(11(14)5-8)18-13-15-6-10(7-17)9(2)16-13/h3-6,17H,7H2,1-2H3. The van der Waals surface area contributed by atoms with Gasteiger partial charge in [-0.1, -0.05) is 6.07 Å². The van der Waals surface area contributed by atoms with Crippen molar-refractivity contribution < 1.29 is 9.84 Å². The summed E-state index contributed by atoms with van der Waals surface area (Å²) in [6.45, 7) is 3.75. The number of hydrogen-bond acceptors (Lipinski definition) is 4. The highest BCUT2D eigenvalue weighted by atomic mass is 79.9. The summed E-state index contributed by atoms with van der Waals surface area (Å²) in [6.07, 6.45) is 1.57. The number of nitrogens with zero attached hydrogens (tertiary/aromatic N) is 2. The Bertz CT molecular complexity index is 573. The predicted molar refractivity (Wildman–Crippen MR) is 71.6 cm³/mol. The minimum absolute atomic E-state index is 0.0691. The Labute approximate surface area is 114 Å². The van der Waals surface area contributed by atoms with Crippen molar-refractivity contribution in [3.8, 4) is 11.8 Å². The SMILES string of the molecule is Cc1ccc(Oc2ncc(CO)c(C)n2)c(Br)c1. The average molecular weight is 309 g/mol. The lowest BCUT2D eigenvalue weighted by Gasteiger charge is -2.08. The second-order valence-corrected chi connectivity index (χ2v) is 4.81. The van der Waals surface area contributed by atoms with Crippen LogP contribution in [0.15, 0.2) is 28.9 Å². The first-order chi connectivity index (χ1) is 8.60. The summed E-state index contributed by atoms with van der Waals surface area (Å²) in [5.74, 6) is 0.664. The van der Waals surface area contributed by atoms with Crippen LogP contribution in [0.2, 0.25) is 0 Å². The number of aromatic nitrogens is 2. The predicted octanol–water partition coefficient (Wildman–Crippen LogP) is 3.14.